The molecule has 2 aliphatic rings. The number of thioether (sulfide) groups is 2. The molecule has 2 fully saturated rings. The molecule has 0 N–H and O–H groups in total. The zero-order chi connectivity index (χ0) is 16.0. The normalized spacial score (nSPS) is 23.2. The maximum Gasteiger partial charge on any atom is 0.157 e. The van der Waals surface area contributed by atoms with E-state index in [2.05, 4.69) is 23.5 Å². The molecule has 0 amide bonds. The molecule has 0 radical (unpaired) electrons. The van der Waals surface area contributed by atoms with E-state index in [0.717, 1.165) is 24.2 Å². The molecule has 4 heteroatoms. The SMILES string of the molecule is C(CCCCCC1SCCCS1)CCCCOC1CCCCO1. The highest BCUT2D eigenvalue weighted by Gasteiger charge is 2.14. The van der Waals surface area contributed by atoms with Crippen molar-refractivity contribution < 1.29 is 9.47 Å². The molecule has 0 aromatic rings. The number of ether oxygens (including phenoxy) is 2. The Morgan fingerprint density at radius 2 is 1.48 bits per heavy atom. The van der Waals surface area contributed by atoms with Crippen molar-refractivity contribution in [2.24, 2.45) is 0 Å². The molecule has 0 aliphatic carbocycles. The van der Waals surface area contributed by atoms with Crippen molar-refractivity contribution in [2.45, 2.75) is 94.3 Å². The van der Waals surface area contributed by atoms with Crippen molar-refractivity contribution in [2.75, 3.05) is 24.7 Å². The van der Waals surface area contributed by atoms with E-state index in [1.165, 1.54) is 88.6 Å². The highest BCUT2D eigenvalue weighted by Crippen LogP contribution is 2.34. The standard InChI is InChI=1S/C19H36O2S2/c1(3-5-7-13-19-22-16-11-17-23-19)2-4-6-9-14-20-18-12-8-10-15-21-18/h18-19H,1-17H2. The van der Waals surface area contributed by atoms with Crippen molar-refractivity contribution in [1.29, 1.82) is 0 Å². The van der Waals surface area contributed by atoms with Gasteiger partial charge in [0.2, 0.25) is 0 Å². The van der Waals surface area contributed by atoms with E-state index >= 15 is 0 Å². The average molecular weight is 361 g/mol. The van der Waals surface area contributed by atoms with Crippen molar-refractivity contribution in [1.82, 2.24) is 0 Å². The van der Waals surface area contributed by atoms with E-state index < -0.39 is 0 Å². The molecule has 2 saturated heterocycles. The van der Waals surface area contributed by atoms with Crippen LogP contribution in [0.1, 0.15) is 83.5 Å². The van der Waals surface area contributed by atoms with Gasteiger partial charge in [-0.15, -0.1) is 23.5 Å². The third-order valence-electron chi connectivity index (χ3n) is 4.67. The average Bonchev–Trinajstić information content (AvgIpc) is 2.61. The van der Waals surface area contributed by atoms with E-state index in [4.69, 9.17) is 9.47 Å². The van der Waals surface area contributed by atoms with Crippen LogP contribution in [0.25, 0.3) is 0 Å². The number of hydrogen-bond donors (Lipinski definition) is 0. The van der Waals surface area contributed by atoms with Gasteiger partial charge in [-0.2, -0.15) is 0 Å². The first-order valence-electron chi connectivity index (χ1n) is 9.91. The van der Waals surface area contributed by atoms with Gasteiger partial charge < -0.3 is 9.47 Å². The maximum absolute atomic E-state index is 5.77. The molecule has 0 aromatic carbocycles. The monoisotopic (exact) mass is 360 g/mol. The van der Waals surface area contributed by atoms with Crippen LogP contribution in [0.2, 0.25) is 0 Å². The first-order chi connectivity index (χ1) is 11.4. The fourth-order valence-corrected chi connectivity index (χ4v) is 6.19. The summed E-state index contributed by atoms with van der Waals surface area (Å²) < 4.78 is 12.3. The summed E-state index contributed by atoms with van der Waals surface area (Å²) >= 11 is 4.39. The zero-order valence-electron chi connectivity index (χ0n) is 14.8. The Morgan fingerprint density at radius 1 is 0.783 bits per heavy atom. The molecule has 2 heterocycles. The molecule has 23 heavy (non-hydrogen) atoms. The third-order valence-corrected chi connectivity index (χ3v) is 7.75. The summed E-state index contributed by atoms with van der Waals surface area (Å²) in [4.78, 5) is 0. The van der Waals surface area contributed by atoms with Gasteiger partial charge in [0.25, 0.3) is 0 Å². The van der Waals surface area contributed by atoms with Crippen LogP contribution in [0.3, 0.4) is 0 Å². The molecule has 1 unspecified atom stereocenters. The van der Waals surface area contributed by atoms with Crippen LogP contribution in [0, 0.1) is 0 Å². The van der Waals surface area contributed by atoms with E-state index in [-0.39, 0.29) is 6.29 Å². The van der Waals surface area contributed by atoms with Gasteiger partial charge >= 0.3 is 0 Å². The van der Waals surface area contributed by atoms with E-state index in [0.29, 0.717) is 0 Å². The summed E-state index contributed by atoms with van der Waals surface area (Å²) in [5.41, 5.74) is 0. The molecular weight excluding hydrogens is 324 g/mol. The first-order valence-corrected chi connectivity index (χ1v) is 12.0. The predicted molar refractivity (Wildman–Crippen MR) is 104 cm³/mol. The highest BCUT2D eigenvalue weighted by molar-refractivity contribution is 8.17. The second-order valence-electron chi connectivity index (χ2n) is 6.81. The lowest BCUT2D eigenvalue weighted by atomic mass is 10.1. The van der Waals surface area contributed by atoms with Gasteiger partial charge in [-0.05, 0) is 50.0 Å². The largest absolute Gasteiger partial charge is 0.353 e. The van der Waals surface area contributed by atoms with E-state index in [1.807, 2.05) is 0 Å². The molecule has 136 valence electrons. The van der Waals surface area contributed by atoms with Crippen molar-refractivity contribution in [3.05, 3.63) is 0 Å². The summed E-state index contributed by atoms with van der Waals surface area (Å²) in [6, 6.07) is 0. The minimum absolute atomic E-state index is 0.101. The molecule has 0 saturated carbocycles. The first kappa shape index (κ1) is 19.9. The Kier molecular flexibility index (Phi) is 12.0. The van der Waals surface area contributed by atoms with Gasteiger partial charge in [-0.25, -0.2) is 0 Å². The zero-order valence-corrected chi connectivity index (χ0v) is 16.4. The summed E-state index contributed by atoms with van der Waals surface area (Å²) in [6.45, 7) is 1.78. The topological polar surface area (TPSA) is 18.5 Å². The fraction of sp³-hybridized carbons (Fsp3) is 1.00. The molecule has 2 rings (SSSR count). The van der Waals surface area contributed by atoms with Gasteiger partial charge in [-0.1, -0.05) is 44.9 Å². The van der Waals surface area contributed by atoms with Crippen LogP contribution in [0.4, 0.5) is 0 Å². The number of unbranched alkanes of at least 4 members (excludes halogenated alkanes) is 7. The van der Waals surface area contributed by atoms with Crippen LogP contribution in [-0.4, -0.2) is 35.6 Å². The second kappa shape index (κ2) is 13.9. The Balaban J connectivity index is 1.26. The Morgan fingerprint density at radius 3 is 2.17 bits per heavy atom. The molecule has 0 spiro atoms. The fourth-order valence-electron chi connectivity index (χ4n) is 3.23. The van der Waals surface area contributed by atoms with Crippen LogP contribution < -0.4 is 0 Å². The Labute approximate surface area is 152 Å². The number of hydrogen-bond acceptors (Lipinski definition) is 4. The minimum Gasteiger partial charge on any atom is -0.353 e. The lowest BCUT2D eigenvalue weighted by molar-refractivity contribution is -0.162. The highest BCUT2D eigenvalue weighted by atomic mass is 32.2. The van der Waals surface area contributed by atoms with Gasteiger partial charge in [-0.3, -0.25) is 0 Å². The van der Waals surface area contributed by atoms with Gasteiger partial charge in [0, 0.05) is 13.2 Å². The van der Waals surface area contributed by atoms with Crippen molar-refractivity contribution in [3.63, 3.8) is 0 Å². The number of rotatable bonds is 12. The quantitative estimate of drug-likeness (QED) is 0.383. The molecular formula is C19H36O2S2. The summed E-state index contributed by atoms with van der Waals surface area (Å²) in [7, 11) is 0. The lowest BCUT2D eigenvalue weighted by Crippen LogP contribution is -2.22. The molecule has 1 atom stereocenters. The van der Waals surface area contributed by atoms with Crippen LogP contribution in [0.15, 0.2) is 0 Å². The maximum atomic E-state index is 5.77. The molecule has 0 aromatic heterocycles. The van der Waals surface area contributed by atoms with Crippen molar-refractivity contribution >= 4 is 23.5 Å². The Hall–Kier alpha value is 0.620. The second-order valence-corrected chi connectivity index (χ2v) is 9.73. The van der Waals surface area contributed by atoms with Crippen molar-refractivity contribution in [3.8, 4) is 0 Å². The van der Waals surface area contributed by atoms with Crippen LogP contribution in [0.5, 0.6) is 0 Å². The molecule has 0 bridgehead atoms. The summed E-state index contributed by atoms with van der Waals surface area (Å²) in [5, 5.41) is 0. The van der Waals surface area contributed by atoms with Crippen LogP contribution in [-0.2, 0) is 9.47 Å². The molecule has 2 aliphatic heterocycles. The van der Waals surface area contributed by atoms with E-state index in [9.17, 15) is 0 Å². The summed E-state index contributed by atoms with van der Waals surface area (Å²) in [6.07, 6.45) is 17.6. The smallest absolute Gasteiger partial charge is 0.157 e. The van der Waals surface area contributed by atoms with Gasteiger partial charge in [0.1, 0.15) is 0 Å². The Bertz CT molecular complexity index is 238. The van der Waals surface area contributed by atoms with Gasteiger partial charge in [0.15, 0.2) is 6.29 Å². The predicted octanol–water partition coefficient (Wildman–Crippen LogP) is 6.24. The van der Waals surface area contributed by atoms with Crippen LogP contribution >= 0.6 is 23.5 Å². The molecule has 2 nitrogen and oxygen atoms in total. The third kappa shape index (κ3) is 10.3. The lowest BCUT2D eigenvalue weighted by Gasteiger charge is -2.22. The minimum atomic E-state index is 0.101. The van der Waals surface area contributed by atoms with E-state index in [1.54, 1.807) is 0 Å². The van der Waals surface area contributed by atoms with Gasteiger partial charge in [0.05, 0.1) is 4.58 Å². The summed E-state index contributed by atoms with van der Waals surface area (Å²) in [5.74, 6) is 2.79.